The van der Waals surface area contributed by atoms with Crippen molar-refractivity contribution in [2.75, 3.05) is 25.1 Å². The van der Waals surface area contributed by atoms with Gasteiger partial charge in [-0.25, -0.2) is 0 Å². The van der Waals surface area contributed by atoms with E-state index in [0.717, 1.165) is 43.2 Å². The van der Waals surface area contributed by atoms with E-state index in [2.05, 4.69) is 10.3 Å². The molecular formula is C16H18N2O2. The van der Waals surface area contributed by atoms with Crippen LogP contribution in [-0.4, -0.2) is 24.7 Å². The molecule has 2 heterocycles. The summed E-state index contributed by atoms with van der Waals surface area (Å²) in [5.41, 5.74) is 2.34. The van der Waals surface area contributed by atoms with Crippen molar-refractivity contribution in [2.45, 2.75) is 12.8 Å². The van der Waals surface area contributed by atoms with E-state index in [0.29, 0.717) is 6.61 Å². The maximum atomic E-state index is 5.68. The van der Waals surface area contributed by atoms with Gasteiger partial charge in [-0.2, -0.15) is 0 Å². The van der Waals surface area contributed by atoms with E-state index in [1.54, 1.807) is 0 Å². The highest BCUT2D eigenvalue weighted by Gasteiger charge is 2.10. The van der Waals surface area contributed by atoms with Gasteiger partial charge in [-0.3, -0.25) is 4.98 Å². The SMILES string of the molecule is c1cc(CCNc2ccc3c(c2)OCCCO3)ccn1. The number of pyridine rings is 1. The number of rotatable bonds is 4. The molecule has 0 atom stereocenters. The lowest BCUT2D eigenvalue weighted by molar-refractivity contribution is 0.297. The fourth-order valence-electron chi connectivity index (χ4n) is 2.17. The lowest BCUT2D eigenvalue weighted by Crippen LogP contribution is -2.05. The maximum Gasteiger partial charge on any atom is 0.163 e. The van der Waals surface area contributed by atoms with Crippen LogP contribution in [0, 0.1) is 0 Å². The van der Waals surface area contributed by atoms with Crippen LogP contribution >= 0.6 is 0 Å². The van der Waals surface area contributed by atoms with Crippen LogP contribution in [0.5, 0.6) is 11.5 Å². The molecule has 0 unspecified atom stereocenters. The van der Waals surface area contributed by atoms with Gasteiger partial charge >= 0.3 is 0 Å². The Morgan fingerprint density at radius 1 is 1.00 bits per heavy atom. The summed E-state index contributed by atoms with van der Waals surface area (Å²) >= 11 is 0. The molecule has 0 saturated carbocycles. The topological polar surface area (TPSA) is 43.4 Å². The van der Waals surface area contributed by atoms with Gasteiger partial charge in [-0.1, -0.05) is 0 Å². The molecule has 1 aromatic carbocycles. The van der Waals surface area contributed by atoms with E-state index < -0.39 is 0 Å². The van der Waals surface area contributed by atoms with Gasteiger partial charge in [-0.05, 0) is 36.2 Å². The van der Waals surface area contributed by atoms with Crippen LogP contribution in [0.3, 0.4) is 0 Å². The first-order valence-corrected chi connectivity index (χ1v) is 6.94. The lowest BCUT2D eigenvalue weighted by atomic mass is 10.2. The average molecular weight is 270 g/mol. The quantitative estimate of drug-likeness (QED) is 0.927. The van der Waals surface area contributed by atoms with Crippen molar-refractivity contribution in [2.24, 2.45) is 0 Å². The lowest BCUT2D eigenvalue weighted by Gasteiger charge is -2.11. The van der Waals surface area contributed by atoms with E-state index in [-0.39, 0.29) is 0 Å². The van der Waals surface area contributed by atoms with Gasteiger partial charge in [-0.15, -0.1) is 0 Å². The third-order valence-electron chi connectivity index (χ3n) is 3.24. The zero-order valence-electron chi connectivity index (χ0n) is 11.3. The van der Waals surface area contributed by atoms with E-state index in [4.69, 9.17) is 9.47 Å². The van der Waals surface area contributed by atoms with E-state index in [9.17, 15) is 0 Å². The molecule has 0 radical (unpaired) electrons. The van der Waals surface area contributed by atoms with Crippen molar-refractivity contribution in [1.29, 1.82) is 0 Å². The van der Waals surface area contributed by atoms with Crippen molar-refractivity contribution in [1.82, 2.24) is 4.98 Å². The summed E-state index contributed by atoms with van der Waals surface area (Å²) in [5.74, 6) is 1.67. The third kappa shape index (κ3) is 3.20. The molecule has 1 aromatic heterocycles. The highest BCUT2D eigenvalue weighted by Crippen LogP contribution is 2.32. The molecule has 1 aliphatic rings. The summed E-state index contributed by atoms with van der Waals surface area (Å²) in [7, 11) is 0. The van der Waals surface area contributed by atoms with Crippen LogP contribution in [0.15, 0.2) is 42.7 Å². The Morgan fingerprint density at radius 3 is 2.65 bits per heavy atom. The van der Waals surface area contributed by atoms with Gasteiger partial charge in [0.15, 0.2) is 11.5 Å². The van der Waals surface area contributed by atoms with Gasteiger partial charge in [0.1, 0.15) is 0 Å². The van der Waals surface area contributed by atoms with E-state index in [1.807, 2.05) is 42.7 Å². The molecule has 1 N–H and O–H groups in total. The Bertz CT molecular complexity index is 558. The van der Waals surface area contributed by atoms with Crippen molar-refractivity contribution in [3.8, 4) is 11.5 Å². The molecule has 0 spiro atoms. The molecular weight excluding hydrogens is 252 g/mol. The first-order valence-electron chi connectivity index (χ1n) is 6.94. The van der Waals surface area contributed by atoms with Crippen LogP contribution in [0.1, 0.15) is 12.0 Å². The smallest absolute Gasteiger partial charge is 0.163 e. The number of nitrogens with one attached hydrogen (secondary N) is 1. The fourth-order valence-corrected chi connectivity index (χ4v) is 2.17. The zero-order chi connectivity index (χ0) is 13.6. The predicted octanol–water partition coefficient (Wildman–Crippen LogP) is 2.90. The van der Waals surface area contributed by atoms with Crippen LogP contribution in [0.4, 0.5) is 5.69 Å². The molecule has 104 valence electrons. The molecule has 0 saturated heterocycles. The summed E-state index contributed by atoms with van der Waals surface area (Å²) in [6, 6.07) is 10.1. The minimum absolute atomic E-state index is 0.716. The minimum Gasteiger partial charge on any atom is -0.490 e. The number of fused-ring (bicyclic) bond motifs is 1. The van der Waals surface area contributed by atoms with Crippen LogP contribution in [0.2, 0.25) is 0 Å². The van der Waals surface area contributed by atoms with E-state index >= 15 is 0 Å². The predicted molar refractivity (Wildman–Crippen MR) is 78.5 cm³/mol. The summed E-state index contributed by atoms with van der Waals surface area (Å²) < 4.78 is 11.3. The number of nitrogens with zero attached hydrogens (tertiary/aromatic N) is 1. The summed E-state index contributed by atoms with van der Waals surface area (Å²) in [6.45, 7) is 2.32. The Hall–Kier alpha value is -2.23. The molecule has 20 heavy (non-hydrogen) atoms. The summed E-state index contributed by atoms with van der Waals surface area (Å²) in [5, 5.41) is 3.41. The normalized spacial score (nSPS) is 13.6. The molecule has 0 aliphatic carbocycles. The van der Waals surface area contributed by atoms with Gasteiger partial charge in [0.25, 0.3) is 0 Å². The Labute approximate surface area is 118 Å². The van der Waals surface area contributed by atoms with Crippen molar-refractivity contribution < 1.29 is 9.47 Å². The number of ether oxygens (including phenoxy) is 2. The van der Waals surface area contributed by atoms with Gasteiger partial charge in [0.2, 0.25) is 0 Å². The second kappa shape index (κ2) is 6.28. The molecule has 2 aromatic rings. The van der Waals surface area contributed by atoms with Crippen molar-refractivity contribution in [3.05, 3.63) is 48.3 Å². The molecule has 4 nitrogen and oxygen atoms in total. The zero-order valence-corrected chi connectivity index (χ0v) is 11.3. The second-order valence-corrected chi connectivity index (χ2v) is 4.74. The van der Waals surface area contributed by atoms with Crippen LogP contribution in [0.25, 0.3) is 0 Å². The average Bonchev–Trinajstić information content (AvgIpc) is 2.73. The number of hydrogen-bond donors (Lipinski definition) is 1. The first-order chi connectivity index (χ1) is 9.92. The molecule has 1 aliphatic heterocycles. The molecule has 0 fully saturated rings. The molecule has 3 rings (SSSR count). The van der Waals surface area contributed by atoms with Gasteiger partial charge in [0.05, 0.1) is 13.2 Å². The number of anilines is 1. The Balaban J connectivity index is 1.59. The maximum absolute atomic E-state index is 5.68. The molecule has 0 bridgehead atoms. The minimum atomic E-state index is 0.716. The largest absolute Gasteiger partial charge is 0.490 e. The monoisotopic (exact) mass is 270 g/mol. The van der Waals surface area contributed by atoms with Crippen molar-refractivity contribution >= 4 is 5.69 Å². The first kappa shape index (κ1) is 12.8. The van der Waals surface area contributed by atoms with E-state index in [1.165, 1.54) is 5.56 Å². The Kier molecular flexibility index (Phi) is 4.01. The number of benzene rings is 1. The van der Waals surface area contributed by atoms with Gasteiger partial charge in [0, 0.05) is 37.1 Å². The number of aromatic nitrogens is 1. The van der Waals surface area contributed by atoms with Crippen LogP contribution < -0.4 is 14.8 Å². The standard InChI is InChI=1S/C16H18N2O2/c1-10-19-15-3-2-14(12-16(15)20-11-1)18-9-6-13-4-7-17-8-5-13/h2-5,7-8,12,18H,1,6,9-11H2. The Morgan fingerprint density at radius 2 is 1.80 bits per heavy atom. The molecule has 4 heteroatoms. The van der Waals surface area contributed by atoms with Crippen molar-refractivity contribution in [3.63, 3.8) is 0 Å². The van der Waals surface area contributed by atoms with Crippen LogP contribution in [-0.2, 0) is 6.42 Å². The third-order valence-corrected chi connectivity index (χ3v) is 3.24. The fraction of sp³-hybridized carbons (Fsp3) is 0.312. The summed E-state index contributed by atoms with van der Waals surface area (Å²) in [6.07, 6.45) is 5.54. The highest BCUT2D eigenvalue weighted by atomic mass is 16.5. The molecule has 0 amide bonds. The second-order valence-electron chi connectivity index (χ2n) is 4.74. The van der Waals surface area contributed by atoms with Gasteiger partial charge < -0.3 is 14.8 Å². The number of hydrogen-bond acceptors (Lipinski definition) is 4. The highest BCUT2D eigenvalue weighted by molar-refractivity contribution is 5.55. The summed E-state index contributed by atoms with van der Waals surface area (Å²) in [4.78, 5) is 4.02.